The van der Waals surface area contributed by atoms with Crippen LogP contribution in [0.15, 0.2) is 42.6 Å². The van der Waals surface area contributed by atoms with Gasteiger partial charge in [0.2, 0.25) is 5.91 Å². The summed E-state index contributed by atoms with van der Waals surface area (Å²) in [5.74, 6) is 0.143. The summed E-state index contributed by atoms with van der Waals surface area (Å²) in [5.41, 5.74) is 1.58. The van der Waals surface area contributed by atoms with E-state index in [2.05, 4.69) is 4.57 Å². The van der Waals surface area contributed by atoms with Crippen molar-refractivity contribution in [3.63, 3.8) is 0 Å². The molecule has 3 heterocycles. The molecule has 2 aliphatic heterocycles. The van der Waals surface area contributed by atoms with Crippen LogP contribution in [0.3, 0.4) is 0 Å². The summed E-state index contributed by atoms with van der Waals surface area (Å²) in [6.07, 6.45) is 4.26. The Labute approximate surface area is 163 Å². The number of fused-ring (bicyclic) bond motifs is 1. The number of likely N-dealkylation sites (tertiary alicyclic amines) is 2. The normalized spacial score (nSPS) is 26.6. The zero-order valence-electron chi connectivity index (χ0n) is 15.9. The summed E-state index contributed by atoms with van der Waals surface area (Å²) >= 11 is 0. The molecule has 2 saturated heterocycles. The van der Waals surface area contributed by atoms with Gasteiger partial charge in [-0.3, -0.25) is 9.59 Å². The van der Waals surface area contributed by atoms with Crippen LogP contribution in [-0.4, -0.2) is 45.8 Å². The highest BCUT2D eigenvalue weighted by atomic mass is 19.1. The Morgan fingerprint density at radius 1 is 1.07 bits per heavy atom. The lowest BCUT2D eigenvalue weighted by atomic mass is 9.89. The van der Waals surface area contributed by atoms with Gasteiger partial charge in [-0.05, 0) is 42.7 Å². The smallest absolute Gasteiger partial charge is 0.270 e. The molecule has 1 saturated carbocycles. The maximum absolute atomic E-state index is 13.8. The molecule has 0 bridgehead atoms. The molecular formula is C22H24FN3O2. The van der Waals surface area contributed by atoms with E-state index in [1.165, 1.54) is 12.1 Å². The lowest BCUT2D eigenvalue weighted by molar-refractivity contribution is -0.130. The summed E-state index contributed by atoms with van der Waals surface area (Å²) in [4.78, 5) is 29.2. The number of aromatic nitrogens is 1. The van der Waals surface area contributed by atoms with Gasteiger partial charge in [0.1, 0.15) is 11.5 Å². The van der Waals surface area contributed by atoms with Crippen LogP contribution >= 0.6 is 0 Å². The van der Waals surface area contributed by atoms with Gasteiger partial charge in [-0.2, -0.15) is 0 Å². The van der Waals surface area contributed by atoms with E-state index in [-0.39, 0.29) is 35.5 Å². The molecule has 2 aromatic rings. The number of hydrogen-bond acceptors (Lipinski definition) is 2. The van der Waals surface area contributed by atoms with Gasteiger partial charge in [-0.15, -0.1) is 0 Å². The SMILES string of the molecule is CC(=O)N1C[C@H]2CN(C(=O)c3cccn3C3CC3)C[C@H]2[C@H]1c1cccc(F)c1. The molecule has 1 aromatic heterocycles. The standard InChI is InChI=1S/C22H24FN3O2/c1-14(27)26-12-16-11-24(22(28)20-6-3-9-25(20)18-7-8-18)13-19(16)21(26)15-4-2-5-17(23)10-15/h2-6,9-10,16,18-19,21H,7-8,11-13H2,1H3/t16-,19-,21-/m1/s1. The predicted molar refractivity (Wildman–Crippen MR) is 102 cm³/mol. The lowest BCUT2D eigenvalue weighted by Gasteiger charge is -2.29. The molecule has 0 N–H and O–H groups in total. The summed E-state index contributed by atoms with van der Waals surface area (Å²) in [6.45, 7) is 3.44. The number of rotatable bonds is 3. The number of nitrogens with zero attached hydrogens (tertiary/aromatic N) is 3. The highest BCUT2D eigenvalue weighted by molar-refractivity contribution is 5.93. The molecule has 1 aliphatic carbocycles. The van der Waals surface area contributed by atoms with Gasteiger partial charge >= 0.3 is 0 Å². The van der Waals surface area contributed by atoms with Crippen molar-refractivity contribution >= 4 is 11.8 Å². The molecule has 5 nitrogen and oxygen atoms in total. The molecule has 0 radical (unpaired) electrons. The van der Waals surface area contributed by atoms with Crippen LogP contribution in [0.25, 0.3) is 0 Å². The minimum atomic E-state index is -0.294. The number of amides is 2. The zero-order valence-corrected chi connectivity index (χ0v) is 15.9. The fourth-order valence-electron chi connectivity index (χ4n) is 5.06. The van der Waals surface area contributed by atoms with Gasteiger partial charge in [0.25, 0.3) is 5.91 Å². The van der Waals surface area contributed by atoms with E-state index in [0.717, 1.165) is 24.1 Å². The molecular weight excluding hydrogens is 357 g/mol. The van der Waals surface area contributed by atoms with Crippen molar-refractivity contribution in [3.8, 4) is 0 Å². The first-order valence-corrected chi connectivity index (χ1v) is 10.0. The van der Waals surface area contributed by atoms with Crippen LogP contribution in [0.2, 0.25) is 0 Å². The van der Waals surface area contributed by atoms with Crippen molar-refractivity contribution in [2.24, 2.45) is 11.8 Å². The number of benzene rings is 1. The van der Waals surface area contributed by atoms with Gasteiger partial charge < -0.3 is 14.4 Å². The molecule has 146 valence electrons. The fraction of sp³-hybridized carbons (Fsp3) is 0.455. The van der Waals surface area contributed by atoms with Crippen molar-refractivity contribution in [3.05, 3.63) is 59.7 Å². The van der Waals surface area contributed by atoms with Crippen LogP contribution < -0.4 is 0 Å². The lowest BCUT2D eigenvalue weighted by Crippen LogP contribution is -2.37. The maximum Gasteiger partial charge on any atom is 0.270 e. The van der Waals surface area contributed by atoms with Gasteiger partial charge in [-0.25, -0.2) is 4.39 Å². The third kappa shape index (κ3) is 2.82. The third-order valence-electron chi connectivity index (χ3n) is 6.48. The Balaban J connectivity index is 1.41. The second-order valence-corrected chi connectivity index (χ2v) is 8.34. The molecule has 0 spiro atoms. The first kappa shape index (κ1) is 17.5. The quantitative estimate of drug-likeness (QED) is 0.819. The summed E-state index contributed by atoms with van der Waals surface area (Å²) in [7, 11) is 0. The molecule has 28 heavy (non-hydrogen) atoms. The van der Waals surface area contributed by atoms with E-state index < -0.39 is 0 Å². The van der Waals surface area contributed by atoms with E-state index in [4.69, 9.17) is 0 Å². The Kier molecular flexibility index (Phi) is 4.03. The summed E-state index contributed by atoms with van der Waals surface area (Å²) in [6, 6.07) is 10.6. The van der Waals surface area contributed by atoms with Gasteiger partial charge in [0, 0.05) is 50.6 Å². The predicted octanol–water partition coefficient (Wildman–Crippen LogP) is 3.25. The third-order valence-corrected chi connectivity index (χ3v) is 6.48. The topological polar surface area (TPSA) is 45.6 Å². The molecule has 5 rings (SSSR count). The molecule has 3 fully saturated rings. The van der Waals surface area contributed by atoms with Crippen molar-refractivity contribution in [2.45, 2.75) is 31.8 Å². The number of carbonyl (C=O) groups is 2. The van der Waals surface area contributed by atoms with Crippen LogP contribution in [0, 0.1) is 17.7 Å². The van der Waals surface area contributed by atoms with Crippen molar-refractivity contribution < 1.29 is 14.0 Å². The minimum Gasteiger partial charge on any atom is -0.340 e. The Morgan fingerprint density at radius 2 is 1.89 bits per heavy atom. The number of carbonyl (C=O) groups excluding carboxylic acids is 2. The first-order valence-electron chi connectivity index (χ1n) is 10.0. The molecule has 3 atom stereocenters. The van der Waals surface area contributed by atoms with Gasteiger partial charge in [0.15, 0.2) is 0 Å². The van der Waals surface area contributed by atoms with Crippen molar-refractivity contribution in [1.82, 2.24) is 14.4 Å². The molecule has 2 amide bonds. The maximum atomic E-state index is 13.8. The van der Waals surface area contributed by atoms with Crippen LogP contribution in [-0.2, 0) is 4.79 Å². The number of hydrogen-bond donors (Lipinski definition) is 0. The summed E-state index contributed by atoms with van der Waals surface area (Å²) in [5, 5.41) is 0. The van der Waals surface area contributed by atoms with Crippen LogP contribution in [0.5, 0.6) is 0 Å². The zero-order chi connectivity index (χ0) is 19.4. The highest BCUT2D eigenvalue weighted by Crippen LogP contribution is 2.45. The van der Waals surface area contributed by atoms with Gasteiger partial charge in [-0.1, -0.05) is 12.1 Å². The second-order valence-electron chi connectivity index (χ2n) is 8.34. The second kappa shape index (κ2) is 6.47. The van der Waals surface area contributed by atoms with E-state index >= 15 is 0 Å². The summed E-state index contributed by atoms with van der Waals surface area (Å²) < 4.78 is 15.9. The van der Waals surface area contributed by atoms with E-state index in [1.807, 2.05) is 34.2 Å². The Bertz CT molecular complexity index is 935. The molecule has 0 unspecified atom stereocenters. The Hall–Kier alpha value is -2.63. The molecule has 1 aromatic carbocycles. The van der Waals surface area contributed by atoms with Gasteiger partial charge in [0.05, 0.1) is 6.04 Å². The van der Waals surface area contributed by atoms with E-state index in [9.17, 15) is 14.0 Å². The highest BCUT2D eigenvalue weighted by Gasteiger charge is 2.49. The average molecular weight is 381 g/mol. The first-order chi connectivity index (χ1) is 13.5. The molecule has 6 heteroatoms. The monoisotopic (exact) mass is 381 g/mol. The molecule has 3 aliphatic rings. The van der Waals surface area contributed by atoms with E-state index in [0.29, 0.717) is 25.7 Å². The van der Waals surface area contributed by atoms with Crippen LogP contribution in [0.1, 0.15) is 47.9 Å². The van der Waals surface area contributed by atoms with Crippen LogP contribution in [0.4, 0.5) is 4.39 Å². The Morgan fingerprint density at radius 3 is 2.61 bits per heavy atom. The number of halogens is 1. The van der Waals surface area contributed by atoms with Crippen molar-refractivity contribution in [1.29, 1.82) is 0 Å². The fourth-order valence-corrected chi connectivity index (χ4v) is 5.06. The van der Waals surface area contributed by atoms with E-state index in [1.54, 1.807) is 13.0 Å². The largest absolute Gasteiger partial charge is 0.340 e. The minimum absolute atomic E-state index is 0.00384. The average Bonchev–Trinajstić information content (AvgIpc) is 3.11. The van der Waals surface area contributed by atoms with Crippen molar-refractivity contribution in [2.75, 3.05) is 19.6 Å².